The van der Waals surface area contributed by atoms with E-state index in [2.05, 4.69) is 14.9 Å². The largest absolute Gasteiger partial charge is 0.348 e. The first-order valence-electron chi connectivity index (χ1n) is 7.75. The van der Waals surface area contributed by atoms with Crippen LogP contribution in [0.1, 0.15) is 30.7 Å². The summed E-state index contributed by atoms with van der Waals surface area (Å²) in [6.07, 6.45) is 8.05. The molecule has 0 aliphatic carbocycles. The van der Waals surface area contributed by atoms with Crippen molar-refractivity contribution in [2.75, 3.05) is 13.1 Å². The topological polar surface area (TPSA) is 31.9 Å². The quantitative estimate of drug-likeness (QED) is 0.914. The average Bonchev–Trinajstić information content (AvgIpc) is 3.00. The number of H-pyrrole nitrogens is 1. The van der Waals surface area contributed by atoms with Gasteiger partial charge in [-0.3, -0.25) is 4.90 Å². The first-order chi connectivity index (χ1) is 10.3. The highest BCUT2D eigenvalue weighted by Gasteiger charge is 2.20. The number of rotatable bonds is 5. The number of nitrogens with zero attached hydrogens (tertiary/aromatic N) is 2. The molecular weight excluding hydrogens is 265 g/mol. The molecule has 0 radical (unpaired) electrons. The third kappa shape index (κ3) is 3.91. The van der Waals surface area contributed by atoms with E-state index in [0.717, 1.165) is 43.9 Å². The standard InChI is InChI=1S/C17H22FN3/c18-16-6-2-1-5-15(16)8-7-14-4-3-11-21(12-14)13-17-19-9-10-20-17/h1-2,5-6,9-10,14H,3-4,7-8,11-13H2,(H,19,20). The van der Waals surface area contributed by atoms with Gasteiger partial charge in [-0.05, 0) is 49.8 Å². The molecule has 2 heterocycles. The van der Waals surface area contributed by atoms with E-state index in [-0.39, 0.29) is 5.82 Å². The summed E-state index contributed by atoms with van der Waals surface area (Å²) in [5, 5.41) is 0. The third-order valence-electron chi connectivity index (χ3n) is 4.31. The van der Waals surface area contributed by atoms with Crippen LogP contribution in [0.5, 0.6) is 0 Å². The summed E-state index contributed by atoms with van der Waals surface area (Å²) in [6.45, 7) is 3.12. The molecule has 3 nitrogen and oxygen atoms in total. The molecule has 1 aromatic carbocycles. The second-order valence-electron chi connectivity index (χ2n) is 5.91. The number of likely N-dealkylation sites (tertiary alicyclic amines) is 1. The molecule has 2 aromatic rings. The summed E-state index contributed by atoms with van der Waals surface area (Å²) in [5.74, 6) is 1.62. The Morgan fingerprint density at radius 3 is 3.05 bits per heavy atom. The van der Waals surface area contributed by atoms with Crippen molar-refractivity contribution in [3.8, 4) is 0 Å². The number of halogens is 1. The number of nitrogens with one attached hydrogen (secondary N) is 1. The fourth-order valence-corrected chi connectivity index (χ4v) is 3.19. The van der Waals surface area contributed by atoms with Crippen LogP contribution in [0.3, 0.4) is 0 Å². The zero-order valence-corrected chi connectivity index (χ0v) is 12.3. The van der Waals surface area contributed by atoms with Gasteiger partial charge in [-0.25, -0.2) is 9.37 Å². The Morgan fingerprint density at radius 2 is 2.24 bits per heavy atom. The molecule has 21 heavy (non-hydrogen) atoms. The molecule has 0 amide bonds. The van der Waals surface area contributed by atoms with Crippen LogP contribution in [-0.2, 0) is 13.0 Å². The van der Waals surface area contributed by atoms with Crippen molar-refractivity contribution in [1.29, 1.82) is 0 Å². The molecule has 112 valence electrons. The van der Waals surface area contributed by atoms with Gasteiger partial charge in [0.25, 0.3) is 0 Å². The number of piperidine rings is 1. The summed E-state index contributed by atoms with van der Waals surface area (Å²) in [5.41, 5.74) is 0.848. The molecule has 4 heteroatoms. The van der Waals surface area contributed by atoms with Gasteiger partial charge >= 0.3 is 0 Å². The predicted molar refractivity (Wildman–Crippen MR) is 81.3 cm³/mol. The first kappa shape index (κ1) is 14.3. The molecule has 1 aliphatic rings. The lowest BCUT2D eigenvalue weighted by Gasteiger charge is -2.32. The average molecular weight is 287 g/mol. The molecular formula is C17H22FN3. The lowest BCUT2D eigenvalue weighted by molar-refractivity contribution is 0.158. The Labute approximate surface area is 125 Å². The number of imidazole rings is 1. The van der Waals surface area contributed by atoms with Crippen LogP contribution in [-0.4, -0.2) is 28.0 Å². The van der Waals surface area contributed by atoms with Gasteiger partial charge in [0.15, 0.2) is 0 Å². The van der Waals surface area contributed by atoms with E-state index < -0.39 is 0 Å². The highest BCUT2D eigenvalue weighted by molar-refractivity contribution is 5.17. The molecule has 1 aliphatic heterocycles. The van der Waals surface area contributed by atoms with Gasteiger partial charge < -0.3 is 4.98 Å². The van der Waals surface area contributed by atoms with Crippen LogP contribution in [0.25, 0.3) is 0 Å². The van der Waals surface area contributed by atoms with E-state index in [0.29, 0.717) is 5.92 Å². The van der Waals surface area contributed by atoms with Gasteiger partial charge in [0.05, 0.1) is 6.54 Å². The Balaban J connectivity index is 1.51. The maximum Gasteiger partial charge on any atom is 0.126 e. The monoisotopic (exact) mass is 287 g/mol. The molecule has 1 unspecified atom stereocenters. The molecule has 1 N–H and O–H groups in total. The van der Waals surface area contributed by atoms with E-state index in [1.807, 2.05) is 18.3 Å². The summed E-state index contributed by atoms with van der Waals surface area (Å²) in [6, 6.07) is 7.13. The van der Waals surface area contributed by atoms with E-state index in [9.17, 15) is 4.39 Å². The van der Waals surface area contributed by atoms with Crippen LogP contribution >= 0.6 is 0 Å². The van der Waals surface area contributed by atoms with Crippen molar-refractivity contribution in [3.63, 3.8) is 0 Å². The molecule has 1 atom stereocenters. The van der Waals surface area contributed by atoms with Gasteiger partial charge in [-0.1, -0.05) is 18.2 Å². The second kappa shape index (κ2) is 6.85. The van der Waals surface area contributed by atoms with Crippen molar-refractivity contribution in [1.82, 2.24) is 14.9 Å². The number of hydrogen-bond acceptors (Lipinski definition) is 2. The minimum atomic E-state index is -0.0687. The van der Waals surface area contributed by atoms with Gasteiger partial charge in [-0.15, -0.1) is 0 Å². The molecule has 1 aromatic heterocycles. The van der Waals surface area contributed by atoms with Crippen molar-refractivity contribution < 1.29 is 4.39 Å². The second-order valence-corrected chi connectivity index (χ2v) is 5.91. The van der Waals surface area contributed by atoms with Crippen molar-refractivity contribution in [3.05, 3.63) is 53.9 Å². The number of aryl methyl sites for hydroxylation is 1. The van der Waals surface area contributed by atoms with Crippen LogP contribution in [0, 0.1) is 11.7 Å². The van der Waals surface area contributed by atoms with Crippen LogP contribution in [0.15, 0.2) is 36.7 Å². The number of hydrogen-bond donors (Lipinski definition) is 1. The summed E-state index contributed by atoms with van der Waals surface area (Å²) in [4.78, 5) is 9.91. The summed E-state index contributed by atoms with van der Waals surface area (Å²) in [7, 11) is 0. The van der Waals surface area contributed by atoms with E-state index in [4.69, 9.17) is 0 Å². The maximum atomic E-state index is 13.6. The summed E-state index contributed by atoms with van der Waals surface area (Å²) >= 11 is 0. The van der Waals surface area contributed by atoms with Gasteiger partial charge in [0.1, 0.15) is 11.6 Å². The molecule has 0 bridgehead atoms. The highest BCUT2D eigenvalue weighted by Crippen LogP contribution is 2.23. The fourth-order valence-electron chi connectivity index (χ4n) is 3.19. The Morgan fingerprint density at radius 1 is 1.33 bits per heavy atom. The Bertz CT molecular complexity index is 553. The minimum Gasteiger partial charge on any atom is -0.348 e. The van der Waals surface area contributed by atoms with Crippen molar-refractivity contribution >= 4 is 0 Å². The van der Waals surface area contributed by atoms with Crippen LogP contribution < -0.4 is 0 Å². The molecule has 1 fully saturated rings. The fraction of sp³-hybridized carbons (Fsp3) is 0.471. The Kier molecular flexibility index (Phi) is 4.65. The van der Waals surface area contributed by atoms with Crippen molar-refractivity contribution in [2.24, 2.45) is 5.92 Å². The zero-order chi connectivity index (χ0) is 14.5. The zero-order valence-electron chi connectivity index (χ0n) is 12.3. The first-order valence-corrected chi connectivity index (χ1v) is 7.75. The van der Waals surface area contributed by atoms with E-state index >= 15 is 0 Å². The molecule has 3 rings (SSSR count). The number of aromatic amines is 1. The SMILES string of the molecule is Fc1ccccc1CCC1CCCN(Cc2ncc[nH]2)C1. The van der Waals surface area contributed by atoms with E-state index in [1.54, 1.807) is 18.3 Å². The molecule has 0 saturated carbocycles. The smallest absolute Gasteiger partial charge is 0.126 e. The normalized spacial score (nSPS) is 19.8. The van der Waals surface area contributed by atoms with Gasteiger partial charge in [0.2, 0.25) is 0 Å². The van der Waals surface area contributed by atoms with Gasteiger partial charge in [0, 0.05) is 18.9 Å². The number of aromatic nitrogens is 2. The van der Waals surface area contributed by atoms with Crippen molar-refractivity contribution in [2.45, 2.75) is 32.2 Å². The minimum absolute atomic E-state index is 0.0687. The predicted octanol–water partition coefficient (Wildman–Crippen LogP) is 3.39. The number of benzene rings is 1. The van der Waals surface area contributed by atoms with Crippen LogP contribution in [0.4, 0.5) is 4.39 Å². The lowest BCUT2D eigenvalue weighted by atomic mass is 9.91. The lowest BCUT2D eigenvalue weighted by Crippen LogP contribution is -2.35. The van der Waals surface area contributed by atoms with Crippen LogP contribution in [0.2, 0.25) is 0 Å². The van der Waals surface area contributed by atoms with Gasteiger partial charge in [-0.2, -0.15) is 0 Å². The van der Waals surface area contributed by atoms with E-state index in [1.165, 1.54) is 12.8 Å². The highest BCUT2D eigenvalue weighted by atomic mass is 19.1. The molecule has 1 saturated heterocycles. The third-order valence-corrected chi connectivity index (χ3v) is 4.31. The maximum absolute atomic E-state index is 13.6. The molecule has 0 spiro atoms. The Hall–Kier alpha value is -1.68. The summed E-state index contributed by atoms with van der Waals surface area (Å²) < 4.78 is 13.6.